The predicted octanol–water partition coefficient (Wildman–Crippen LogP) is 5.38. The van der Waals surface area contributed by atoms with Crippen molar-refractivity contribution in [2.24, 2.45) is 0 Å². The molecule has 32 heavy (non-hydrogen) atoms. The first-order valence-electron chi connectivity index (χ1n) is 10.1. The van der Waals surface area contributed by atoms with Crippen LogP contribution >= 0.6 is 0 Å². The monoisotopic (exact) mass is 442 g/mol. The Morgan fingerprint density at radius 3 is 2.31 bits per heavy atom. The van der Waals surface area contributed by atoms with Crippen molar-refractivity contribution in [3.63, 3.8) is 0 Å². The Balaban J connectivity index is 1.72. The third kappa shape index (κ3) is 4.76. The molecular formula is C26H22N2O3S. The minimum atomic E-state index is -3.42. The molecule has 4 rings (SSSR count). The van der Waals surface area contributed by atoms with Crippen LogP contribution in [0.15, 0.2) is 96.0 Å². The van der Waals surface area contributed by atoms with Crippen molar-refractivity contribution in [2.45, 2.75) is 11.8 Å². The second-order valence-corrected chi connectivity index (χ2v) is 9.61. The Morgan fingerprint density at radius 2 is 1.62 bits per heavy atom. The fourth-order valence-corrected chi connectivity index (χ4v) is 4.06. The van der Waals surface area contributed by atoms with Gasteiger partial charge in [-0.25, -0.2) is 8.42 Å². The van der Waals surface area contributed by atoms with Gasteiger partial charge in [-0.3, -0.25) is 9.78 Å². The number of aromatic nitrogens is 1. The van der Waals surface area contributed by atoms with Gasteiger partial charge in [-0.15, -0.1) is 0 Å². The van der Waals surface area contributed by atoms with Crippen LogP contribution in [0, 0.1) is 6.92 Å². The maximum Gasteiger partial charge on any atom is 0.256 e. The molecule has 3 aromatic carbocycles. The van der Waals surface area contributed by atoms with Gasteiger partial charge in [0, 0.05) is 29.3 Å². The van der Waals surface area contributed by atoms with E-state index in [2.05, 4.69) is 10.3 Å². The number of carbonyl (C=O) groups excluding carboxylic acids is 1. The largest absolute Gasteiger partial charge is 0.322 e. The van der Waals surface area contributed by atoms with Gasteiger partial charge in [0.2, 0.25) is 0 Å². The van der Waals surface area contributed by atoms with E-state index in [0.29, 0.717) is 16.8 Å². The van der Waals surface area contributed by atoms with Crippen molar-refractivity contribution in [1.29, 1.82) is 0 Å². The minimum absolute atomic E-state index is 0.168. The highest BCUT2D eigenvalue weighted by Crippen LogP contribution is 2.29. The Labute approximate surface area is 187 Å². The molecule has 0 bridgehead atoms. The topological polar surface area (TPSA) is 76.1 Å². The van der Waals surface area contributed by atoms with E-state index in [1.54, 1.807) is 24.4 Å². The molecule has 0 radical (unpaired) electrons. The summed E-state index contributed by atoms with van der Waals surface area (Å²) in [4.78, 5) is 17.7. The van der Waals surface area contributed by atoms with Crippen molar-refractivity contribution < 1.29 is 13.2 Å². The lowest BCUT2D eigenvalue weighted by Gasteiger charge is -2.13. The first-order chi connectivity index (χ1) is 15.3. The quantitative estimate of drug-likeness (QED) is 0.450. The molecule has 0 spiro atoms. The molecular weight excluding hydrogens is 420 g/mol. The third-order valence-electron chi connectivity index (χ3n) is 5.11. The van der Waals surface area contributed by atoms with Gasteiger partial charge in [-0.05, 0) is 60.5 Å². The van der Waals surface area contributed by atoms with Crippen LogP contribution in [0.25, 0.3) is 22.4 Å². The number of rotatable bonds is 5. The van der Waals surface area contributed by atoms with Gasteiger partial charge in [-0.2, -0.15) is 0 Å². The van der Waals surface area contributed by atoms with E-state index < -0.39 is 9.84 Å². The maximum atomic E-state index is 13.2. The van der Waals surface area contributed by atoms with Crippen LogP contribution in [0.5, 0.6) is 0 Å². The smallest absolute Gasteiger partial charge is 0.256 e. The van der Waals surface area contributed by atoms with Gasteiger partial charge in [-0.1, -0.05) is 48.0 Å². The number of benzene rings is 3. The van der Waals surface area contributed by atoms with Crippen molar-refractivity contribution in [3.05, 3.63) is 102 Å². The average molecular weight is 443 g/mol. The van der Waals surface area contributed by atoms with Crippen LogP contribution in [0.3, 0.4) is 0 Å². The van der Waals surface area contributed by atoms with Crippen LogP contribution < -0.4 is 5.32 Å². The number of nitrogens with zero attached hydrogens (tertiary/aromatic N) is 1. The Morgan fingerprint density at radius 1 is 0.844 bits per heavy atom. The van der Waals surface area contributed by atoms with Crippen molar-refractivity contribution in [3.8, 4) is 22.4 Å². The molecule has 1 amide bonds. The molecule has 0 fully saturated rings. The SMILES string of the molecule is Cc1ccc(-c2cc(S(C)(=O)=O)ccc2C(=O)Nc2cccc(-c3ccccn3)c2)cc1. The van der Waals surface area contributed by atoms with Crippen LogP contribution in [-0.4, -0.2) is 25.6 Å². The van der Waals surface area contributed by atoms with Gasteiger partial charge in [0.15, 0.2) is 9.84 Å². The zero-order chi connectivity index (χ0) is 22.7. The Bertz CT molecular complexity index is 1380. The zero-order valence-corrected chi connectivity index (χ0v) is 18.6. The number of sulfone groups is 1. The molecule has 5 nitrogen and oxygen atoms in total. The fraction of sp³-hybridized carbons (Fsp3) is 0.0769. The number of hydrogen-bond acceptors (Lipinski definition) is 4. The van der Waals surface area contributed by atoms with Gasteiger partial charge in [0.05, 0.1) is 10.6 Å². The van der Waals surface area contributed by atoms with Gasteiger partial charge >= 0.3 is 0 Å². The molecule has 1 heterocycles. The maximum absolute atomic E-state index is 13.2. The zero-order valence-electron chi connectivity index (χ0n) is 17.7. The summed E-state index contributed by atoms with van der Waals surface area (Å²) in [5, 5.41) is 2.93. The Hall–Kier alpha value is -3.77. The summed E-state index contributed by atoms with van der Waals surface area (Å²) in [7, 11) is -3.42. The lowest BCUT2D eigenvalue weighted by atomic mass is 9.98. The normalized spacial score (nSPS) is 11.2. The summed E-state index contributed by atoms with van der Waals surface area (Å²) in [5.41, 5.74) is 5.12. The molecule has 4 aromatic rings. The molecule has 0 aliphatic rings. The number of amides is 1. The molecule has 0 saturated heterocycles. The van der Waals surface area contributed by atoms with Crippen molar-refractivity contribution in [2.75, 3.05) is 11.6 Å². The molecule has 160 valence electrons. The average Bonchev–Trinajstić information content (AvgIpc) is 2.79. The highest BCUT2D eigenvalue weighted by Gasteiger charge is 2.17. The summed E-state index contributed by atoms with van der Waals surface area (Å²) in [6.07, 6.45) is 2.88. The van der Waals surface area contributed by atoms with Crippen LogP contribution in [-0.2, 0) is 9.84 Å². The van der Waals surface area contributed by atoms with Gasteiger partial charge in [0.1, 0.15) is 0 Å². The summed E-state index contributed by atoms with van der Waals surface area (Å²) < 4.78 is 24.2. The van der Waals surface area contributed by atoms with Crippen molar-refractivity contribution >= 4 is 21.4 Å². The third-order valence-corrected chi connectivity index (χ3v) is 6.22. The minimum Gasteiger partial charge on any atom is -0.322 e. The van der Waals surface area contributed by atoms with E-state index in [4.69, 9.17) is 0 Å². The van der Waals surface area contributed by atoms with Crippen LogP contribution in [0.4, 0.5) is 5.69 Å². The highest BCUT2D eigenvalue weighted by molar-refractivity contribution is 7.90. The first-order valence-corrected chi connectivity index (χ1v) is 11.9. The van der Waals surface area contributed by atoms with E-state index >= 15 is 0 Å². The van der Waals surface area contributed by atoms with E-state index in [1.807, 2.05) is 67.6 Å². The van der Waals surface area contributed by atoms with Crippen LogP contribution in [0.2, 0.25) is 0 Å². The van der Waals surface area contributed by atoms with E-state index in [-0.39, 0.29) is 10.8 Å². The number of aryl methyl sites for hydroxylation is 1. The summed E-state index contributed by atoms with van der Waals surface area (Å²) in [5.74, 6) is -0.321. The predicted molar refractivity (Wildman–Crippen MR) is 127 cm³/mol. The molecule has 0 saturated carbocycles. The van der Waals surface area contributed by atoms with E-state index in [9.17, 15) is 13.2 Å². The number of anilines is 1. The van der Waals surface area contributed by atoms with Crippen molar-refractivity contribution in [1.82, 2.24) is 4.98 Å². The molecule has 0 atom stereocenters. The fourth-order valence-electron chi connectivity index (χ4n) is 3.41. The Kier molecular flexibility index (Phi) is 5.88. The second-order valence-electron chi connectivity index (χ2n) is 7.60. The number of pyridine rings is 1. The molecule has 1 N–H and O–H groups in total. The van der Waals surface area contributed by atoms with E-state index in [1.165, 1.54) is 6.07 Å². The number of hydrogen-bond donors (Lipinski definition) is 1. The van der Waals surface area contributed by atoms with Crippen LogP contribution in [0.1, 0.15) is 15.9 Å². The number of carbonyl (C=O) groups is 1. The second kappa shape index (κ2) is 8.77. The number of nitrogens with one attached hydrogen (secondary N) is 1. The molecule has 1 aromatic heterocycles. The molecule has 0 aliphatic carbocycles. The molecule has 0 unspecified atom stereocenters. The van der Waals surface area contributed by atoms with Gasteiger partial charge < -0.3 is 5.32 Å². The summed E-state index contributed by atoms with van der Waals surface area (Å²) >= 11 is 0. The summed E-state index contributed by atoms with van der Waals surface area (Å²) in [6.45, 7) is 1.97. The van der Waals surface area contributed by atoms with E-state index in [0.717, 1.165) is 28.6 Å². The summed E-state index contributed by atoms with van der Waals surface area (Å²) in [6, 6.07) is 25.3. The highest BCUT2D eigenvalue weighted by atomic mass is 32.2. The molecule has 0 aliphatic heterocycles. The standard InChI is InChI=1S/C26H22N2O3S/c1-18-9-11-19(12-10-18)24-17-22(32(2,30)31)13-14-23(24)26(29)28-21-7-5-6-20(16-21)25-8-3-4-15-27-25/h3-17H,1-2H3,(H,28,29). The first kappa shape index (κ1) is 21.5. The van der Waals surface area contributed by atoms with Gasteiger partial charge in [0.25, 0.3) is 5.91 Å². The lowest BCUT2D eigenvalue weighted by molar-refractivity contribution is 0.102. The molecule has 6 heteroatoms. The lowest BCUT2D eigenvalue weighted by Crippen LogP contribution is -2.14.